The van der Waals surface area contributed by atoms with E-state index in [1.54, 1.807) is 23.5 Å². The van der Waals surface area contributed by atoms with Crippen LogP contribution in [0.5, 0.6) is 0 Å². The van der Waals surface area contributed by atoms with Gasteiger partial charge in [-0.05, 0) is 61.7 Å². The predicted molar refractivity (Wildman–Crippen MR) is 122 cm³/mol. The first-order valence-corrected chi connectivity index (χ1v) is 12.1. The quantitative estimate of drug-likeness (QED) is 0.616. The average Bonchev–Trinajstić information content (AvgIpc) is 3.47. The number of nitrogens with one attached hydrogen (secondary N) is 1. The number of hydrogen-bond acceptors (Lipinski definition) is 5. The Labute approximate surface area is 191 Å². The van der Waals surface area contributed by atoms with Gasteiger partial charge in [0.2, 0.25) is 0 Å². The van der Waals surface area contributed by atoms with Crippen LogP contribution in [0.4, 0.5) is 4.39 Å². The van der Waals surface area contributed by atoms with Gasteiger partial charge >= 0.3 is 5.97 Å². The molecule has 6 heteroatoms. The van der Waals surface area contributed by atoms with Crippen LogP contribution in [0.15, 0.2) is 64.8 Å². The Balaban J connectivity index is 1.58. The lowest BCUT2D eigenvalue weighted by atomic mass is 9.69. The van der Waals surface area contributed by atoms with E-state index in [-0.39, 0.29) is 23.6 Å². The van der Waals surface area contributed by atoms with E-state index in [2.05, 4.69) is 11.4 Å². The molecule has 0 saturated heterocycles. The topological polar surface area (TPSA) is 55.4 Å². The van der Waals surface area contributed by atoms with Crippen molar-refractivity contribution in [2.45, 2.75) is 57.0 Å². The summed E-state index contributed by atoms with van der Waals surface area (Å²) in [6, 6.07) is 10.3. The van der Waals surface area contributed by atoms with Crippen LogP contribution in [0.1, 0.15) is 61.3 Å². The van der Waals surface area contributed by atoms with Crippen LogP contribution in [0.2, 0.25) is 0 Å². The van der Waals surface area contributed by atoms with Crippen LogP contribution in [-0.2, 0) is 14.3 Å². The second kappa shape index (κ2) is 8.66. The molecule has 32 heavy (non-hydrogen) atoms. The zero-order chi connectivity index (χ0) is 22.2. The molecule has 3 unspecified atom stereocenters. The van der Waals surface area contributed by atoms with Gasteiger partial charge in [0.1, 0.15) is 17.7 Å². The summed E-state index contributed by atoms with van der Waals surface area (Å²) in [5.41, 5.74) is 2.53. The minimum Gasteiger partial charge on any atom is -0.459 e. The summed E-state index contributed by atoms with van der Waals surface area (Å²) in [6.45, 7) is 1.84. The van der Waals surface area contributed by atoms with Crippen LogP contribution >= 0.6 is 11.3 Å². The molecule has 0 amide bonds. The molecular weight excluding hydrogens is 425 g/mol. The van der Waals surface area contributed by atoms with Crippen LogP contribution in [0, 0.1) is 11.7 Å². The SMILES string of the molecule is CC1=C(C(=O)OC2CCCC2)C(c2cccc(F)c2)C2C(=O)CC(c3cccs3)C=C2N1. The molecule has 2 aromatic rings. The van der Waals surface area contributed by atoms with Gasteiger partial charge in [-0.25, -0.2) is 9.18 Å². The Morgan fingerprint density at radius 3 is 2.69 bits per heavy atom. The van der Waals surface area contributed by atoms with Gasteiger partial charge in [-0.2, -0.15) is 0 Å². The fraction of sp³-hybridized carbons (Fsp3) is 0.385. The Morgan fingerprint density at radius 1 is 1.16 bits per heavy atom. The lowest BCUT2D eigenvalue weighted by molar-refractivity contribution is -0.144. The molecule has 1 fully saturated rings. The first-order valence-electron chi connectivity index (χ1n) is 11.2. The normalized spacial score (nSPS) is 25.9. The van der Waals surface area contributed by atoms with E-state index in [4.69, 9.17) is 4.74 Å². The maximum Gasteiger partial charge on any atom is 0.336 e. The minimum atomic E-state index is -0.566. The number of Topliss-reactive ketones (excluding diaryl/α,β-unsaturated/α-hetero) is 1. The van der Waals surface area contributed by atoms with E-state index >= 15 is 0 Å². The number of benzene rings is 1. The van der Waals surface area contributed by atoms with Crippen molar-refractivity contribution in [1.82, 2.24) is 5.32 Å². The number of fused-ring (bicyclic) bond motifs is 1. The van der Waals surface area contributed by atoms with Crippen LogP contribution in [0.25, 0.3) is 0 Å². The number of halogens is 1. The number of allylic oxidation sites excluding steroid dienone is 3. The van der Waals surface area contributed by atoms with Crippen LogP contribution in [0.3, 0.4) is 0 Å². The minimum absolute atomic E-state index is 0.00852. The van der Waals surface area contributed by atoms with Crippen LogP contribution < -0.4 is 5.32 Å². The van der Waals surface area contributed by atoms with Gasteiger partial charge in [0.25, 0.3) is 0 Å². The molecule has 1 N–H and O–H groups in total. The van der Waals surface area contributed by atoms with Gasteiger partial charge in [0, 0.05) is 34.5 Å². The summed E-state index contributed by atoms with van der Waals surface area (Å²) >= 11 is 1.63. The number of carbonyl (C=O) groups is 2. The van der Waals surface area contributed by atoms with Crippen molar-refractivity contribution >= 4 is 23.1 Å². The first-order chi connectivity index (χ1) is 15.5. The highest BCUT2D eigenvalue weighted by atomic mass is 32.1. The average molecular weight is 452 g/mol. The van der Waals surface area contributed by atoms with Gasteiger partial charge < -0.3 is 10.1 Å². The molecule has 1 aromatic carbocycles. The van der Waals surface area contributed by atoms with Crippen molar-refractivity contribution in [3.63, 3.8) is 0 Å². The van der Waals surface area contributed by atoms with Gasteiger partial charge in [0.15, 0.2) is 0 Å². The smallest absolute Gasteiger partial charge is 0.336 e. The fourth-order valence-corrected chi connectivity index (χ4v) is 6.11. The Kier molecular flexibility index (Phi) is 5.72. The highest BCUT2D eigenvalue weighted by Crippen LogP contribution is 2.47. The van der Waals surface area contributed by atoms with Crippen molar-refractivity contribution in [1.29, 1.82) is 0 Å². The molecule has 5 rings (SSSR count). The summed E-state index contributed by atoms with van der Waals surface area (Å²) in [5, 5.41) is 5.35. The molecule has 0 spiro atoms. The van der Waals surface area contributed by atoms with Crippen molar-refractivity contribution in [2.75, 3.05) is 0 Å². The van der Waals surface area contributed by atoms with Crippen molar-refractivity contribution in [3.05, 3.63) is 81.1 Å². The Hall–Kier alpha value is -2.73. The summed E-state index contributed by atoms with van der Waals surface area (Å²) < 4.78 is 20.0. The van der Waals surface area contributed by atoms with Crippen molar-refractivity contribution in [3.8, 4) is 0 Å². The van der Waals surface area contributed by atoms with E-state index < -0.39 is 17.8 Å². The third-order valence-electron chi connectivity index (χ3n) is 6.78. The van der Waals surface area contributed by atoms with Gasteiger partial charge in [-0.3, -0.25) is 4.79 Å². The number of ether oxygens (including phenoxy) is 1. The molecule has 4 nitrogen and oxygen atoms in total. The number of rotatable bonds is 4. The monoisotopic (exact) mass is 451 g/mol. The predicted octanol–water partition coefficient (Wildman–Crippen LogP) is 5.59. The summed E-state index contributed by atoms with van der Waals surface area (Å²) in [7, 11) is 0. The second-order valence-electron chi connectivity index (χ2n) is 8.90. The van der Waals surface area contributed by atoms with Gasteiger partial charge in [0.05, 0.1) is 11.5 Å². The van der Waals surface area contributed by atoms with Crippen molar-refractivity contribution < 1.29 is 18.7 Å². The molecule has 166 valence electrons. The lowest BCUT2D eigenvalue weighted by Crippen LogP contribution is -2.42. The standard InChI is InChI=1S/C26H26FNO3S/c1-15-23(26(30)31-19-8-2-3-9-19)24(16-6-4-7-18(27)12-16)25-20(28-15)13-17(14-21(25)29)22-10-5-11-32-22/h4-7,10-13,17,19,24-25,28H,2-3,8-9,14H2,1H3. The molecular formula is C26H26FNO3S. The molecule has 0 bridgehead atoms. The number of carbonyl (C=O) groups excluding carboxylic acids is 2. The molecule has 1 saturated carbocycles. The number of esters is 1. The van der Waals surface area contributed by atoms with E-state index in [9.17, 15) is 14.0 Å². The largest absolute Gasteiger partial charge is 0.459 e. The highest BCUT2D eigenvalue weighted by Gasteiger charge is 2.45. The Bertz CT molecular complexity index is 1100. The van der Waals surface area contributed by atoms with E-state index in [0.717, 1.165) is 36.3 Å². The first kappa shape index (κ1) is 21.1. The van der Waals surface area contributed by atoms with E-state index in [0.29, 0.717) is 23.3 Å². The third kappa shape index (κ3) is 3.92. The van der Waals surface area contributed by atoms with Gasteiger partial charge in [-0.15, -0.1) is 11.3 Å². The molecule has 2 heterocycles. The van der Waals surface area contributed by atoms with Gasteiger partial charge in [-0.1, -0.05) is 24.3 Å². The highest BCUT2D eigenvalue weighted by molar-refractivity contribution is 7.10. The zero-order valence-electron chi connectivity index (χ0n) is 18.0. The molecule has 0 radical (unpaired) electrons. The summed E-state index contributed by atoms with van der Waals surface area (Å²) in [5.74, 6) is -1.84. The fourth-order valence-electron chi connectivity index (χ4n) is 5.31. The molecule has 1 aromatic heterocycles. The molecule has 2 aliphatic carbocycles. The second-order valence-corrected chi connectivity index (χ2v) is 9.88. The zero-order valence-corrected chi connectivity index (χ0v) is 18.8. The van der Waals surface area contributed by atoms with E-state index in [1.807, 2.05) is 24.4 Å². The number of ketones is 1. The van der Waals surface area contributed by atoms with Crippen LogP contribution in [-0.4, -0.2) is 17.9 Å². The molecule has 3 aliphatic rings. The van der Waals surface area contributed by atoms with E-state index in [1.165, 1.54) is 12.1 Å². The third-order valence-corrected chi connectivity index (χ3v) is 7.78. The van der Waals surface area contributed by atoms with Crippen molar-refractivity contribution in [2.24, 2.45) is 5.92 Å². The number of hydrogen-bond donors (Lipinski definition) is 1. The lowest BCUT2D eigenvalue weighted by Gasteiger charge is -2.39. The molecule has 3 atom stereocenters. The maximum atomic E-state index is 14.2. The number of thiophene rings is 1. The maximum absolute atomic E-state index is 14.2. The molecule has 1 aliphatic heterocycles. The summed E-state index contributed by atoms with van der Waals surface area (Å²) in [4.78, 5) is 27.9. The summed E-state index contributed by atoms with van der Waals surface area (Å²) in [6.07, 6.45) is 6.23. The Morgan fingerprint density at radius 2 is 1.97 bits per heavy atom.